The fraction of sp³-hybridized carbons (Fsp3) is 1.00. The second-order valence-electron chi connectivity index (χ2n) is 1.96. The van der Waals surface area contributed by atoms with Crippen molar-refractivity contribution in [2.75, 3.05) is 8.86 Å². The Labute approximate surface area is 79.1 Å². The summed E-state index contributed by atoms with van der Waals surface area (Å²) in [4.78, 5) is 0. The van der Waals surface area contributed by atoms with Gasteiger partial charge in [0.2, 0.25) is 0 Å². The summed E-state index contributed by atoms with van der Waals surface area (Å²) < 4.78 is 2.66. The Kier molecular flexibility index (Phi) is 7.78. The summed E-state index contributed by atoms with van der Waals surface area (Å²) in [7, 11) is 0. The first-order valence-electron chi connectivity index (χ1n) is 2.97. The third-order valence-electron chi connectivity index (χ3n) is 1.13. The number of halogens is 2. The molecule has 0 aromatic heterocycles. The molecule has 0 radical (unpaired) electrons. The summed E-state index contributed by atoms with van der Waals surface area (Å²) in [5, 5.41) is 0. The summed E-state index contributed by atoms with van der Waals surface area (Å²) in [6.07, 6.45) is 2.75. The van der Waals surface area contributed by atoms with Crippen LogP contribution in [0.4, 0.5) is 0 Å². The summed E-state index contributed by atoms with van der Waals surface area (Å²) in [6.45, 7) is 2.26. The molecule has 0 fully saturated rings. The lowest BCUT2D eigenvalue weighted by molar-refractivity contribution is 0.609. The van der Waals surface area contributed by atoms with E-state index in [2.05, 4.69) is 52.1 Å². The second kappa shape index (κ2) is 6.58. The van der Waals surface area contributed by atoms with Gasteiger partial charge < -0.3 is 0 Å². The monoisotopic (exact) mass is 338 g/mol. The molecule has 0 saturated carbocycles. The van der Waals surface area contributed by atoms with Crippen molar-refractivity contribution in [3.63, 3.8) is 0 Å². The van der Waals surface area contributed by atoms with E-state index in [0.29, 0.717) is 0 Å². The quantitative estimate of drug-likeness (QED) is 0.545. The first-order chi connectivity index (χ1) is 3.85. The molecule has 0 unspecified atom stereocenters. The van der Waals surface area contributed by atoms with Gasteiger partial charge in [-0.2, -0.15) is 0 Å². The van der Waals surface area contributed by atoms with E-state index in [1.165, 1.54) is 21.7 Å². The summed E-state index contributed by atoms with van der Waals surface area (Å²) >= 11 is 4.94. The van der Waals surface area contributed by atoms with Crippen LogP contribution in [0.5, 0.6) is 0 Å². The van der Waals surface area contributed by atoms with Crippen LogP contribution in [0.1, 0.15) is 19.8 Å². The zero-order valence-electron chi connectivity index (χ0n) is 5.16. The molecule has 0 rings (SSSR count). The van der Waals surface area contributed by atoms with Crippen LogP contribution < -0.4 is 0 Å². The summed E-state index contributed by atoms with van der Waals surface area (Å²) in [6, 6.07) is 0. The van der Waals surface area contributed by atoms with Crippen molar-refractivity contribution in [1.29, 1.82) is 0 Å². The molecule has 0 aromatic rings. The second-order valence-corrected chi connectivity index (χ2v) is 3.72. The lowest BCUT2D eigenvalue weighted by atomic mass is 10.1. The lowest BCUT2D eigenvalue weighted by Crippen LogP contribution is -2.01. The van der Waals surface area contributed by atoms with Crippen LogP contribution in [0.2, 0.25) is 0 Å². The molecule has 8 heavy (non-hydrogen) atoms. The molecule has 0 aliphatic heterocycles. The van der Waals surface area contributed by atoms with E-state index in [1.54, 1.807) is 0 Å². The van der Waals surface area contributed by atoms with Crippen molar-refractivity contribution in [2.45, 2.75) is 19.8 Å². The van der Waals surface area contributed by atoms with Gasteiger partial charge in [-0.25, -0.2) is 0 Å². The highest BCUT2D eigenvalue weighted by molar-refractivity contribution is 14.1. The fourth-order valence-corrected chi connectivity index (χ4v) is 3.30. The highest BCUT2D eigenvalue weighted by Crippen LogP contribution is 2.12. The van der Waals surface area contributed by atoms with Crippen LogP contribution in [0.25, 0.3) is 0 Å². The average Bonchev–Trinajstić information content (AvgIpc) is 1.83. The van der Waals surface area contributed by atoms with Crippen LogP contribution in [0, 0.1) is 5.92 Å². The normalized spacial score (nSPS) is 10.5. The van der Waals surface area contributed by atoms with E-state index < -0.39 is 0 Å². The number of hydrogen-bond donors (Lipinski definition) is 0. The third kappa shape index (κ3) is 4.35. The van der Waals surface area contributed by atoms with Crippen LogP contribution in [-0.2, 0) is 0 Å². The molecule has 50 valence electrons. The number of hydrogen-bond acceptors (Lipinski definition) is 0. The van der Waals surface area contributed by atoms with Gasteiger partial charge in [0.25, 0.3) is 0 Å². The van der Waals surface area contributed by atoms with Crippen molar-refractivity contribution in [3.05, 3.63) is 0 Å². The number of alkyl halides is 2. The fourth-order valence-electron chi connectivity index (χ4n) is 0.604. The van der Waals surface area contributed by atoms with Gasteiger partial charge in [0.1, 0.15) is 0 Å². The Morgan fingerprint density at radius 1 is 1.25 bits per heavy atom. The van der Waals surface area contributed by atoms with Gasteiger partial charge in [-0.1, -0.05) is 58.5 Å². The van der Waals surface area contributed by atoms with E-state index in [4.69, 9.17) is 0 Å². The lowest BCUT2D eigenvalue weighted by Gasteiger charge is -2.06. The van der Waals surface area contributed by atoms with Gasteiger partial charge >= 0.3 is 0 Å². The Hall–Kier alpha value is 1.46. The molecule has 0 nitrogen and oxygen atoms in total. The molecule has 0 saturated heterocycles. The molecule has 0 aliphatic carbocycles. The first-order valence-corrected chi connectivity index (χ1v) is 6.02. The van der Waals surface area contributed by atoms with Crippen LogP contribution in [0.3, 0.4) is 0 Å². The zero-order valence-corrected chi connectivity index (χ0v) is 9.48. The first kappa shape index (κ1) is 9.46. The van der Waals surface area contributed by atoms with Crippen LogP contribution in [-0.4, -0.2) is 8.86 Å². The molecular weight excluding hydrogens is 326 g/mol. The predicted molar refractivity (Wildman–Crippen MR) is 56.2 cm³/mol. The molecular formula is C6H12I2. The van der Waals surface area contributed by atoms with Crippen molar-refractivity contribution in [2.24, 2.45) is 5.92 Å². The van der Waals surface area contributed by atoms with Crippen molar-refractivity contribution in [1.82, 2.24) is 0 Å². The van der Waals surface area contributed by atoms with Gasteiger partial charge in [-0.3, -0.25) is 0 Å². The smallest absolute Gasteiger partial charge is 0.00310 e. The van der Waals surface area contributed by atoms with Gasteiger partial charge in [0.15, 0.2) is 0 Å². The Morgan fingerprint density at radius 2 is 1.75 bits per heavy atom. The minimum absolute atomic E-state index is 0.973. The highest BCUT2D eigenvalue weighted by Gasteiger charge is 2.00. The molecule has 0 amide bonds. The van der Waals surface area contributed by atoms with E-state index in [9.17, 15) is 0 Å². The zero-order chi connectivity index (χ0) is 6.41. The molecule has 0 atom stereocenters. The van der Waals surface area contributed by atoms with E-state index >= 15 is 0 Å². The Bertz CT molecular complexity index is 41.8. The SMILES string of the molecule is CCCC(CI)CI. The Morgan fingerprint density at radius 3 is 1.88 bits per heavy atom. The molecule has 0 heterocycles. The van der Waals surface area contributed by atoms with Crippen LogP contribution >= 0.6 is 45.2 Å². The molecule has 0 aromatic carbocycles. The molecule has 0 spiro atoms. The Balaban J connectivity index is 3.07. The van der Waals surface area contributed by atoms with E-state index in [1.807, 2.05) is 0 Å². The standard InChI is InChI=1S/C6H12I2/c1-2-3-6(4-7)5-8/h6H,2-5H2,1H3. The summed E-state index contributed by atoms with van der Waals surface area (Å²) in [5.41, 5.74) is 0. The maximum atomic E-state index is 2.47. The van der Waals surface area contributed by atoms with Crippen LogP contribution in [0.15, 0.2) is 0 Å². The van der Waals surface area contributed by atoms with Crippen molar-refractivity contribution in [3.8, 4) is 0 Å². The van der Waals surface area contributed by atoms with E-state index in [-0.39, 0.29) is 0 Å². The molecule has 0 aliphatic rings. The predicted octanol–water partition coefficient (Wildman–Crippen LogP) is 3.27. The minimum Gasteiger partial charge on any atom is -0.0860 e. The van der Waals surface area contributed by atoms with Gasteiger partial charge in [0, 0.05) is 8.86 Å². The largest absolute Gasteiger partial charge is 0.0860 e. The van der Waals surface area contributed by atoms with Gasteiger partial charge in [-0.05, 0) is 12.3 Å². The molecule has 2 heteroatoms. The highest BCUT2D eigenvalue weighted by atomic mass is 127. The third-order valence-corrected chi connectivity index (χ3v) is 3.62. The molecule has 0 N–H and O–H groups in total. The average molecular weight is 338 g/mol. The van der Waals surface area contributed by atoms with Crippen molar-refractivity contribution >= 4 is 45.2 Å². The van der Waals surface area contributed by atoms with Gasteiger partial charge in [-0.15, -0.1) is 0 Å². The summed E-state index contributed by atoms with van der Waals surface area (Å²) in [5.74, 6) is 0.973. The molecule has 0 bridgehead atoms. The maximum Gasteiger partial charge on any atom is 0.00310 e. The topological polar surface area (TPSA) is 0 Å². The minimum atomic E-state index is 0.973. The number of rotatable bonds is 4. The maximum absolute atomic E-state index is 2.47. The van der Waals surface area contributed by atoms with E-state index in [0.717, 1.165) is 5.92 Å². The van der Waals surface area contributed by atoms with Gasteiger partial charge in [0.05, 0.1) is 0 Å². The van der Waals surface area contributed by atoms with Crippen molar-refractivity contribution < 1.29 is 0 Å².